The van der Waals surface area contributed by atoms with E-state index in [0.29, 0.717) is 5.92 Å². The smallest absolute Gasteiger partial charge is 0.327 e. The molecule has 0 fully saturated rings. The summed E-state index contributed by atoms with van der Waals surface area (Å²) in [5.41, 5.74) is 1.30. The zero-order valence-corrected chi connectivity index (χ0v) is 8.31. The van der Waals surface area contributed by atoms with Gasteiger partial charge in [0.15, 0.2) is 0 Å². The van der Waals surface area contributed by atoms with E-state index in [2.05, 4.69) is 32.6 Å². The fourth-order valence-corrected chi connectivity index (χ4v) is 0.782. The predicted molar refractivity (Wildman–Crippen MR) is 58.0 cm³/mol. The largest absolute Gasteiger partial charge is 0.478 e. The van der Waals surface area contributed by atoms with Crippen molar-refractivity contribution in [2.45, 2.75) is 12.8 Å². The molecule has 2 nitrogen and oxygen atoms in total. The minimum absolute atomic E-state index is 0.409. The molecule has 0 heterocycles. The van der Waals surface area contributed by atoms with E-state index in [0.717, 1.165) is 6.08 Å². The first-order valence-corrected chi connectivity index (χ1v) is 4.31. The standard InChI is InChI=1S/C9H11.C3H4O2/c1-8(2)9-6-4-3-5-7-9;1-2-3(4)5/h3-8H,1H2,2H3;2H,1H2,(H,4,5). The van der Waals surface area contributed by atoms with Crippen molar-refractivity contribution in [2.24, 2.45) is 0 Å². The minimum Gasteiger partial charge on any atom is -0.478 e. The van der Waals surface area contributed by atoms with Crippen LogP contribution in [0.15, 0.2) is 43.0 Å². The molecule has 0 aliphatic rings. The van der Waals surface area contributed by atoms with E-state index in [1.54, 1.807) is 0 Å². The number of carbonyl (C=O) groups is 1. The molecule has 0 bridgehead atoms. The third-order valence-corrected chi connectivity index (χ3v) is 1.54. The lowest BCUT2D eigenvalue weighted by Crippen LogP contribution is -1.83. The maximum Gasteiger partial charge on any atom is 0.327 e. The fourth-order valence-electron chi connectivity index (χ4n) is 0.782. The van der Waals surface area contributed by atoms with Gasteiger partial charge in [0.2, 0.25) is 0 Å². The second-order valence-corrected chi connectivity index (χ2v) is 2.85. The highest BCUT2D eigenvalue weighted by Gasteiger charge is 1.93. The van der Waals surface area contributed by atoms with Crippen molar-refractivity contribution in [2.75, 3.05) is 0 Å². The summed E-state index contributed by atoms with van der Waals surface area (Å²) in [4.78, 5) is 9.25. The van der Waals surface area contributed by atoms with Gasteiger partial charge < -0.3 is 5.11 Å². The average molecular weight is 191 g/mol. The molecule has 0 saturated carbocycles. The monoisotopic (exact) mass is 191 g/mol. The molecule has 75 valence electrons. The third-order valence-electron chi connectivity index (χ3n) is 1.54. The van der Waals surface area contributed by atoms with Crippen molar-refractivity contribution >= 4 is 5.97 Å². The predicted octanol–water partition coefficient (Wildman–Crippen LogP) is 2.88. The van der Waals surface area contributed by atoms with Crippen molar-refractivity contribution in [3.05, 3.63) is 55.5 Å². The molecule has 0 aliphatic carbocycles. The lowest BCUT2D eigenvalue weighted by atomic mass is 10.0. The summed E-state index contributed by atoms with van der Waals surface area (Å²) in [6.45, 7) is 8.96. The molecule has 1 aromatic carbocycles. The molecule has 1 radical (unpaired) electrons. The van der Waals surface area contributed by atoms with Crippen molar-refractivity contribution < 1.29 is 9.90 Å². The van der Waals surface area contributed by atoms with E-state index in [1.165, 1.54) is 5.56 Å². The Kier molecular flexibility index (Phi) is 6.12. The van der Waals surface area contributed by atoms with Crippen LogP contribution in [-0.2, 0) is 4.79 Å². The van der Waals surface area contributed by atoms with Gasteiger partial charge in [-0.15, -0.1) is 0 Å². The van der Waals surface area contributed by atoms with Crippen LogP contribution in [0.1, 0.15) is 18.4 Å². The van der Waals surface area contributed by atoms with Gasteiger partial charge in [-0.25, -0.2) is 4.79 Å². The molecule has 1 aromatic rings. The Balaban J connectivity index is 0.000000292. The Bertz CT molecular complexity index is 276. The zero-order chi connectivity index (χ0) is 11.0. The molecule has 1 rings (SSSR count). The van der Waals surface area contributed by atoms with Crippen LogP contribution in [-0.4, -0.2) is 11.1 Å². The van der Waals surface area contributed by atoms with Crippen LogP contribution in [0.5, 0.6) is 0 Å². The molecule has 14 heavy (non-hydrogen) atoms. The molecule has 0 saturated heterocycles. The molecule has 0 aromatic heterocycles. The second-order valence-electron chi connectivity index (χ2n) is 2.85. The first-order valence-electron chi connectivity index (χ1n) is 4.31. The van der Waals surface area contributed by atoms with Crippen LogP contribution in [0.3, 0.4) is 0 Å². The van der Waals surface area contributed by atoms with Gasteiger partial charge in [0.05, 0.1) is 0 Å². The molecule has 1 atom stereocenters. The highest BCUT2D eigenvalue weighted by atomic mass is 16.4. The van der Waals surface area contributed by atoms with E-state index < -0.39 is 5.97 Å². The van der Waals surface area contributed by atoms with Crippen molar-refractivity contribution in [1.82, 2.24) is 0 Å². The molecule has 1 unspecified atom stereocenters. The summed E-state index contributed by atoms with van der Waals surface area (Å²) >= 11 is 0. The van der Waals surface area contributed by atoms with Crippen molar-refractivity contribution in [3.8, 4) is 0 Å². The highest BCUT2D eigenvalue weighted by Crippen LogP contribution is 2.11. The summed E-state index contributed by atoms with van der Waals surface area (Å²) in [5, 5.41) is 7.60. The second kappa shape index (κ2) is 6.89. The van der Waals surface area contributed by atoms with E-state index in [1.807, 2.05) is 18.2 Å². The van der Waals surface area contributed by atoms with Crippen LogP contribution in [0.2, 0.25) is 0 Å². The van der Waals surface area contributed by atoms with E-state index in [4.69, 9.17) is 5.11 Å². The summed E-state index contributed by atoms with van der Waals surface area (Å²) in [6, 6.07) is 10.3. The Hall–Kier alpha value is -1.57. The van der Waals surface area contributed by atoms with Gasteiger partial charge in [0.25, 0.3) is 0 Å². The number of benzene rings is 1. The van der Waals surface area contributed by atoms with E-state index in [9.17, 15) is 4.79 Å². The normalized spacial score (nSPS) is 8.79. The lowest BCUT2D eigenvalue weighted by molar-refractivity contribution is -0.131. The van der Waals surface area contributed by atoms with Gasteiger partial charge in [-0.2, -0.15) is 0 Å². The molecular formula is C12H15O2. The Morgan fingerprint density at radius 1 is 1.43 bits per heavy atom. The third kappa shape index (κ3) is 6.00. The number of carboxylic acid groups (broad SMARTS) is 1. The highest BCUT2D eigenvalue weighted by molar-refractivity contribution is 5.78. The van der Waals surface area contributed by atoms with Gasteiger partial charge in [-0.05, 0) is 18.4 Å². The van der Waals surface area contributed by atoms with Crippen LogP contribution in [0.4, 0.5) is 0 Å². The lowest BCUT2D eigenvalue weighted by Gasteiger charge is -2.01. The number of rotatable bonds is 2. The van der Waals surface area contributed by atoms with Gasteiger partial charge in [0.1, 0.15) is 0 Å². The first-order chi connectivity index (χ1) is 6.57. The Morgan fingerprint density at radius 2 is 1.86 bits per heavy atom. The fraction of sp³-hybridized carbons (Fsp3) is 0.167. The molecule has 2 heteroatoms. The topological polar surface area (TPSA) is 37.3 Å². The summed E-state index contributed by atoms with van der Waals surface area (Å²) in [7, 11) is 0. The van der Waals surface area contributed by atoms with Gasteiger partial charge in [-0.1, -0.05) is 43.8 Å². The van der Waals surface area contributed by atoms with Crippen LogP contribution < -0.4 is 0 Å². The number of aliphatic carboxylic acids is 1. The summed E-state index contributed by atoms with van der Waals surface area (Å²) < 4.78 is 0. The maximum absolute atomic E-state index is 9.25. The minimum atomic E-state index is -0.981. The number of carboxylic acids is 1. The van der Waals surface area contributed by atoms with Gasteiger partial charge >= 0.3 is 5.97 Å². The zero-order valence-electron chi connectivity index (χ0n) is 8.31. The van der Waals surface area contributed by atoms with Gasteiger partial charge in [-0.3, -0.25) is 0 Å². The quantitative estimate of drug-likeness (QED) is 0.730. The SMILES string of the molecule is C=CC(=O)O.[CH2]C(C)c1ccccc1. The van der Waals surface area contributed by atoms with Crippen LogP contribution in [0, 0.1) is 6.92 Å². The van der Waals surface area contributed by atoms with E-state index >= 15 is 0 Å². The number of hydrogen-bond donors (Lipinski definition) is 1. The molecule has 0 spiro atoms. The molecular weight excluding hydrogens is 176 g/mol. The molecule has 0 aliphatic heterocycles. The Labute approximate surface area is 84.9 Å². The van der Waals surface area contributed by atoms with Crippen molar-refractivity contribution in [1.29, 1.82) is 0 Å². The summed E-state index contributed by atoms with van der Waals surface area (Å²) in [5.74, 6) is -0.573. The summed E-state index contributed by atoms with van der Waals surface area (Å²) in [6.07, 6.45) is 0.833. The first kappa shape index (κ1) is 12.4. The Morgan fingerprint density at radius 3 is 2.07 bits per heavy atom. The van der Waals surface area contributed by atoms with Crippen molar-refractivity contribution in [3.63, 3.8) is 0 Å². The molecule has 1 N–H and O–H groups in total. The van der Waals surface area contributed by atoms with Gasteiger partial charge in [0, 0.05) is 6.08 Å². The molecule has 0 amide bonds. The van der Waals surface area contributed by atoms with Crippen LogP contribution >= 0.6 is 0 Å². The number of hydrogen-bond acceptors (Lipinski definition) is 1. The van der Waals surface area contributed by atoms with E-state index in [-0.39, 0.29) is 0 Å². The van der Waals surface area contributed by atoms with Crippen LogP contribution in [0.25, 0.3) is 0 Å². The maximum atomic E-state index is 9.25. The average Bonchev–Trinajstić information content (AvgIpc) is 2.20.